The summed E-state index contributed by atoms with van der Waals surface area (Å²) in [4.78, 5) is 0. The molecule has 0 spiro atoms. The Morgan fingerprint density at radius 1 is 1.22 bits per heavy atom. The van der Waals surface area contributed by atoms with Gasteiger partial charge in [0.25, 0.3) is 0 Å². The van der Waals surface area contributed by atoms with Crippen LogP contribution in [0.15, 0.2) is 0 Å². The zero-order valence-corrected chi connectivity index (χ0v) is 6.56. The molecule has 1 aliphatic rings. The molecule has 0 nitrogen and oxygen atoms in total. The fourth-order valence-corrected chi connectivity index (χ4v) is 1.49. The first kappa shape index (κ1) is 7.11. The van der Waals surface area contributed by atoms with Crippen molar-refractivity contribution in [1.29, 1.82) is 0 Å². The van der Waals surface area contributed by atoms with E-state index < -0.39 is 0 Å². The third-order valence-corrected chi connectivity index (χ3v) is 2.55. The van der Waals surface area contributed by atoms with Gasteiger partial charge in [0.15, 0.2) is 0 Å². The van der Waals surface area contributed by atoms with Gasteiger partial charge in [0.2, 0.25) is 0 Å². The lowest BCUT2D eigenvalue weighted by Gasteiger charge is -2.14. The molecule has 1 radical (unpaired) electrons. The summed E-state index contributed by atoms with van der Waals surface area (Å²) in [6, 6.07) is 0. The van der Waals surface area contributed by atoms with Gasteiger partial charge in [0.05, 0.1) is 0 Å². The third kappa shape index (κ3) is 2.00. The molecule has 0 heteroatoms. The topological polar surface area (TPSA) is 0 Å². The second-order valence-electron chi connectivity index (χ2n) is 3.36. The molecule has 0 saturated heterocycles. The zero-order valence-electron chi connectivity index (χ0n) is 6.56. The fourth-order valence-electron chi connectivity index (χ4n) is 1.49. The van der Waals surface area contributed by atoms with E-state index in [-0.39, 0.29) is 0 Å². The van der Waals surface area contributed by atoms with Crippen molar-refractivity contribution in [3.05, 3.63) is 6.42 Å². The largest absolute Gasteiger partial charge is 0.0622 e. The quantitative estimate of drug-likeness (QED) is 0.436. The Kier molecular flexibility index (Phi) is 2.56. The molecule has 0 aromatic heterocycles. The molecular weight excluding hydrogens is 108 g/mol. The van der Waals surface area contributed by atoms with Gasteiger partial charge in [-0.25, -0.2) is 0 Å². The summed E-state index contributed by atoms with van der Waals surface area (Å²) in [7, 11) is 0. The van der Waals surface area contributed by atoms with Gasteiger partial charge in [-0.1, -0.05) is 33.1 Å². The Balaban J connectivity index is 2.32. The molecule has 1 saturated carbocycles. The molecule has 0 N–H and O–H groups in total. The lowest BCUT2D eigenvalue weighted by atomic mass is 9.92. The Morgan fingerprint density at radius 2 is 2.00 bits per heavy atom. The normalized spacial score (nSPS) is 38.0. The highest BCUT2D eigenvalue weighted by atomic mass is 14.2. The lowest BCUT2D eigenvalue weighted by molar-refractivity contribution is 0.417. The van der Waals surface area contributed by atoms with Crippen molar-refractivity contribution in [3.63, 3.8) is 0 Å². The van der Waals surface area contributed by atoms with Gasteiger partial charge in [-0.15, -0.1) is 0 Å². The first-order valence-electron chi connectivity index (χ1n) is 4.14. The number of hydrogen-bond donors (Lipinski definition) is 0. The van der Waals surface area contributed by atoms with Crippen LogP contribution in [0.4, 0.5) is 0 Å². The van der Waals surface area contributed by atoms with Gasteiger partial charge in [-0.3, -0.25) is 0 Å². The van der Waals surface area contributed by atoms with Crippen LogP contribution in [0.25, 0.3) is 0 Å². The van der Waals surface area contributed by atoms with Gasteiger partial charge in [0.1, 0.15) is 0 Å². The highest BCUT2D eigenvalue weighted by Gasteiger charge is 2.14. The summed E-state index contributed by atoms with van der Waals surface area (Å²) >= 11 is 0. The van der Waals surface area contributed by atoms with Gasteiger partial charge >= 0.3 is 0 Å². The Hall–Kier alpha value is 0. The maximum atomic E-state index is 2.48. The van der Waals surface area contributed by atoms with Crippen LogP contribution in [0, 0.1) is 18.3 Å². The molecule has 1 aliphatic carbocycles. The number of hydrogen-bond acceptors (Lipinski definition) is 0. The first-order chi connectivity index (χ1) is 4.30. The van der Waals surface area contributed by atoms with E-state index in [1.807, 2.05) is 0 Å². The lowest BCUT2D eigenvalue weighted by Crippen LogP contribution is -2.04. The number of rotatable bonds is 0. The summed E-state index contributed by atoms with van der Waals surface area (Å²) < 4.78 is 0. The predicted octanol–water partition coefficient (Wildman–Crippen LogP) is 3.04. The van der Waals surface area contributed by atoms with E-state index in [1.165, 1.54) is 25.7 Å². The molecule has 53 valence electrons. The Labute approximate surface area is 58.7 Å². The van der Waals surface area contributed by atoms with Crippen LogP contribution in [0.2, 0.25) is 0 Å². The molecule has 9 heavy (non-hydrogen) atoms. The standard InChI is InChI=1S/C9H17/c1-8-6-4-3-5-7-9(8)2/h6,8-9H,3-5,7H2,1-2H3. The molecule has 1 rings (SSSR count). The summed E-state index contributed by atoms with van der Waals surface area (Å²) in [5, 5.41) is 0. The molecule has 1 fully saturated rings. The van der Waals surface area contributed by atoms with Crippen molar-refractivity contribution in [1.82, 2.24) is 0 Å². The highest BCUT2D eigenvalue weighted by Crippen LogP contribution is 2.26. The fraction of sp³-hybridized carbons (Fsp3) is 0.889. The minimum Gasteiger partial charge on any atom is -0.0622 e. The van der Waals surface area contributed by atoms with E-state index >= 15 is 0 Å². The molecule has 0 heterocycles. The van der Waals surface area contributed by atoms with Crippen molar-refractivity contribution in [2.75, 3.05) is 0 Å². The Morgan fingerprint density at radius 3 is 2.78 bits per heavy atom. The molecule has 2 unspecified atom stereocenters. The zero-order chi connectivity index (χ0) is 6.69. The summed E-state index contributed by atoms with van der Waals surface area (Å²) in [5.41, 5.74) is 0. The minimum atomic E-state index is 0.868. The molecule has 0 amide bonds. The van der Waals surface area contributed by atoms with Crippen LogP contribution in [-0.2, 0) is 0 Å². The first-order valence-corrected chi connectivity index (χ1v) is 4.14. The second-order valence-corrected chi connectivity index (χ2v) is 3.36. The average Bonchev–Trinajstić information content (AvgIpc) is 1.99. The smallest absolute Gasteiger partial charge is 0.0355 e. The van der Waals surface area contributed by atoms with Crippen LogP contribution in [0.3, 0.4) is 0 Å². The molecule has 0 aromatic carbocycles. The van der Waals surface area contributed by atoms with Crippen molar-refractivity contribution in [2.24, 2.45) is 11.8 Å². The van der Waals surface area contributed by atoms with E-state index in [0.29, 0.717) is 0 Å². The molecular formula is C9H17. The van der Waals surface area contributed by atoms with E-state index in [0.717, 1.165) is 11.8 Å². The van der Waals surface area contributed by atoms with Gasteiger partial charge < -0.3 is 0 Å². The maximum absolute atomic E-state index is 2.48. The van der Waals surface area contributed by atoms with Crippen molar-refractivity contribution < 1.29 is 0 Å². The van der Waals surface area contributed by atoms with Crippen LogP contribution >= 0.6 is 0 Å². The van der Waals surface area contributed by atoms with Crippen LogP contribution < -0.4 is 0 Å². The summed E-state index contributed by atoms with van der Waals surface area (Å²) in [5.74, 6) is 1.81. The molecule has 0 aliphatic heterocycles. The minimum absolute atomic E-state index is 0.868. The van der Waals surface area contributed by atoms with E-state index in [9.17, 15) is 0 Å². The molecule has 0 aromatic rings. The molecule has 0 bridgehead atoms. The monoisotopic (exact) mass is 125 g/mol. The van der Waals surface area contributed by atoms with Crippen LogP contribution in [0.1, 0.15) is 39.5 Å². The third-order valence-electron chi connectivity index (χ3n) is 2.55. The van der Waals surface area contributed by atoms with Crippen LogP contribution in [-0.4, -0.2) is 0 Å². The van der Waals surface area contributed by atoms with E-state index in [4.69, 9.17) is 0 Å². The van der Waals surface area contributed by atoms with Gasteiger partial charge in [0, 0.05) is 0 Å². The summed E-state index contributed by atoms with van der Waals surface area (Å²) in [6.45, 7) is 4.71. The SMILES string of the molecule is CC1[CH]CCCCC1C. The second kappa shape index (κ2) is 3.24. The van der Waals surface area contributed by atoms with Crippen LogP contribution in [0.5, 0.6) is 0 Å². The van der Waals surface area contributed by atoms with Gasteiger partial charge in [-0.05, 0) is 24.7 Å². The van der Waals surface area contributed by atoms with Gasteiger partial charge in [-0.2, -0.15) is 0 Å². The molecule has 2 atom stereocenters. The average molecular weight is 125 g/mol. The predicted molar refractivity (Wildman–Crippen MR) is 41.1 cm³/mol. The Bertz CT molecular complexity index is 66.1. The highest BCUT2D eigenvalue weighted by molar-refractivity contribution is 4.79. The summed E-state index contributed by atoms with van der Waals surface area (Å²) in [6.07, 6.45) is 8.15. The van der Waals surface area contributed by atoms with E-state index in [2.05, 4.69) is 20.3 Å². The van der Waals surface area contributed by atoms with Crippen molar-refractivity contribution in [2.45, 2.75) is 39.5 Å². The maximum Gasteiger partial charge on any atom is -0.0355 e. The van der Waals surface area contributed by atoms with Crippen molar-refractivity contribution >= 4 is 0 Å². The van der Waals surface area contributed by atoms with Crippen molar-refractivity contribution in [3.8, 4) is 0 Å². The van der Waals surface area contributed by atoms with E-state index in [1.54, 1.807) is 0 Å².